The van der Waals surface area contributed by atoms with Crippen molar-refractivity contribution in [3.63, 3.8) is 0 Å². The summed E-state index contributed by atoms with van der Waals surface area (Å²) < 4.78 is 51.9. The van der Waals surface area contributed by atoms with Gasteiger partial charge >= 0.3 is 0 Å². The van der Waals surface area contributed by atoms with Gasteiger partial charge in [0.2, 0.25) is 10.0 Å². The van der Waals surface area contributed by atoms with E-state index in [2.05, 4.69) is 4.72 Å². The first-order valence-corrected chi connectivity index (χ1v) is 9.81. The number of anilines is 1. The monoisotopic (exact) mass is 370 g/mol. The van der Waals surface area contributed by atoms with Crippen LogP contribution in [0.3, 0.4) is 0 Å². The summed E-state index contributed by atoms with van der Waals surface area (Å²) in [7, 11) is -4.88. The second kappa shape index (κ2) is 6.42. The van der Waals surface area contributed by atoms with Crippen molar-refractivity contribution in [2.45, 2.75) is 16.7 Å². The predicted octanol–water partition coefficient (Wildman–Crippen LogP) is 1.75. The molecule has 0 aliphatic carbocycles. The second-order valence-electron chi connectivity index (χ2n) is 5.38. The Kier molecular flexibility index (Phi) is 4.88. The van der Waals surface area contributed by atoms with Gasteiger partial charge in [0.1, 0.15) is 5.75 Å². The molecule has 2 N–H and O–H groups in total. The molecule has 0 heterocycles. The topological polar surface area (TPSA) is 104 Å². The van der Waals surface area contributed by atoms with Gasteiger partial charge in [-0.2, -0.15) is 0 Å². The van der Waals surface area contributed by atoms with Crippen molar-refractivity contribution in [3.8, 4) is 5.75 Å². The quantitative estimate of drug-likeness (QED) is 0.781. The van der Waals surface area contributed by atoms with Crippen LogP contribution in [0.5, 0.6) is 5.75 Å². The van der Waals surface area contributed by atoms with E-state index in [0.717, 1.165) is 15.9 Å². The SMILES string of the molecule is Cc1ccc(S(=O)(=O)Nc2ccc(S(=O)(=O)N(C)C)cc2O)cc1. The smallest absolute Gasteiger partial charge is 0.262 e. The van der Waals surface area contributed by atoms with Gasteiger partial charge in [-0.3, -0.25) is 4.72 Å². The van der Waals surface area contributed by atoms with Crippen LogP contribution >= 0.6 is 0 Å². The van der Waals surface area contributed by atoms with Gasteiger partial charge in [-0.25, -0.2) is 21.1 Å². The van der Waals surface area contributed by atoms with E-state index in [1.54, 1.807) is 12.1 Å². The van der Waals surface area contributed by atoms with Gasteiger partial charge in [-0.1, -0.05) is 17.7 Å². The molecule has 0 fully saturated rings. The third kappa shape index (κ3) is 3.69. The van der Waals surface area contributed by atoms with E-state index in [-0.39, 0.29) is 15.5 Å². The lowest BCUT2D eigenvalue weighted by Gasteiger charge is -2.14. The number of sulfonamides is 2. The third-order valence-electron chi connectivity index (χ3n) is 3.32. The Labute approximate surface area is 141 Å². The first-order chi connectivity index (χ1) is 11.0. The predicted molar refractivity (Wildman–Crippen MR) is 91.0 cm³/mol. The molecule has 9 heteroatoms. The van der Waals surface area contributed by atoms with Crippen LogP contribution in [0.2, 0.25) is 0 Å². The van der Waals surface area contributed by atoms with Gasteiger partial charge in [0.25, 0.3) is 10.0 Å². The number of hydrogen-bond donors (Lipinski definition) is 2. The molecule has 0 aliphatic rings. The maximum Gasteiger partial charge on any atom is 0.262 e. The number of phenols is 1. The molecule has 0 amide bonds. The lowest BCUT2D eigenvalue weighted by molar-refractivity contribution is 0.474. The zero-order valence-corrected chi connectivity index (χ0v) is 15.0. The summed E-state index contributed by atoms with van der Waals surface area (Å²) >= 11 is 0. The van der Waals surface area contributed by atoms with E-state index in [1.165, 1.54) is 38.4 Å². The molecule has 0 unspecified atom stereocenters. The molecule has 0 saturated carbocycles. The Morgan fingerprint density at radius 1 is 0.917 bits per heavy atom. The third-order valence-corrected chi connectivity index (χ3v) is 6.52. The van der Waals surface area contributed by atoms with E-state index in [0.29, 0.717) is 0 Å². The summed E-state index contributed by atoms with van der Waals surface area (Å²) in [6.45, 7) is 1.83. The Morgan fingerprint density at radius 2 is 1.46 bits per heavy atom. The molecule has 0 aliphatic heterocycles. The largest absolute Gasteiger partial charge is 0.506 e. The molecule has 0 saturated heterocycles. The number of phenolic OH excluding ortho intramolecular Hbond substituents is 1. The molecule has 7 nitrogen and oxygen atoms in total. The van der Waals surface area contributed by atoms with Crippen LogP contribution in [0.15, 0.2) is 52.3 Å². The van der Waals surface area contributed by atoms with E-state index >= 15 is 0 Å². The Morgan fingerprint density at radius 3 is 1.96 bits per heavy atom. The van der Waals surface area contributed by atoms with Gasteiger partial charge < -0.3 is 5.11 Å². The summed E-state index contributed by atoms with van der Waals surface area (Å²) in [6, 6.07) is 9.63. The Hall–Kier alpha value is -2.10. The Balaban J connectivity index is 2.36. The van der Waals surface area contributed by atoms with Crippen LogP contribution in [-0.4, -0.2) is 40.3 Å². The number of nitrogens with one attached hydrogen (secondary N) is 1. The minimum absolute atomic E-state index is 0.0393. The zero-order chi connectivity index (χ0) is 18.1. The Bertz CT molecular complexity index is 950. The van der Waals surface area contributed by atoms with E-state index in [9.17, 15) is 21.9 Å². The highest BCUT2D eigenvalue weighted by Crippen LogP contribution is 2.29. The fraction of sp³-hybridized carbons (Fsp3) is 0.200. The van der Waals surface area contributed by atoms with Crippen LogP contribution in [0, 0.1) is 6.92 Å². The highest BCUT2D eigenvalue weighted by atomic mass is 32.2. The zero-order valence-electron chi connectivity index (χ0n) is 13.4. The van der Waals surface area contributed by atoms with Crippen LogP contribution in [0.4, 0.5) is 5.69 Å². The summed E-state index contributed by atoms with van der Waals surface area (Å²) in [4.78, 5) is -0.0965. The fourth-order valence-electron chi connectivity index (χ4n) is 1.89. The summed E-state index contributed by atoms with van der Waals surface area (Å²) in [6.07, 6.45) is 0. The van der Waals surface area contributed by atoms with Crippen molar-refractivity contribution in [2.75, 3.05) is 18.8 Å². The molecule has 130 valence electrons. The van der Waals surface area contributed by atoms with Gasteiger partial charge in [0, 0.05) is 20.2 Å². The molecular weight excluding hydrogens is 352 g/mol. The van der Waals surface area contributed by atoms with Gasteiger partial charge in [-0.15, -0.1) is 0 Å². The fourth-order valence-corrected chi connectivity index (χ4v) is 3.89. The number of aromatic hydroxyl groups is 1. The highest BCUT2D eigenvalue weighted by Gasteiger charge is 2.21. The van der Waals surface area contributed by atoms with Gasteiger partial charge in [0.15, 0.2) is 0 Å². The van der Waals surface area contributed by atoms with Crippen molar-refractivity contribution in [1.29, 1.82) is 0 Å². The molecule has 0 radical (unpaired) electrons. The van der Waals surface area contributed by atoms with Crippen molar-refractivity contribution in [2.24, 2.45) is 0 Å². The van der Waals surface area contributed by atoms with Crippen LogP contribution in [0.25, 0.3) is 0 Å². The molecule has 24 heavy (non-hydrogen) atoms. The molecule has 0 atom stereocenters. The first kappa shape index (κ1) is 18.2. The van der Waals surface area contributed by atoms with Crippen LogP contribution in [0.1, 0.15) is 5.56 Å². The van der Waals surface area contributed by atoms with E-state index in [4.69, 9.17) is 0 Å². The van der Waals surface area contributed by atoms with Crippen LogP contribution < -0.4 is 4.72 Å². The second-order valence-corrected chi connectivity index (χ2v) is 9.22. The van der Waals surface area contributed by atoms with Gasteiger partial charge in [-0.05, 0) is 31.2 Å². The average molecular weight is 370 g/mol. The molecule has 2 aromatic carbocycles. The first-order valence-electron chi connectivity index (χ1n) is 6.89. The van der Waals surface area contributed by atoms with Crippen LogP contribution in [-0.2, 0) is 20.0 Å². The summed E-state index contributed by atoms with van der Waals surface area (Å²) in [5, 5.41) is 9.98. The van der Waals surface area contributed by atoms with E-state index in [1.807, 2.05) is 6.92 Å². The lowest BCUT2D eigenvalue weighted by atomic mass is 10.2. The normalized spacial score (nSPS) is 12.3. The number of hydrogen-bond acceptors (Lipinski definition) is 5. The lowest BCUT2D eigenvalue weighted by Crippen LogP contribution is -2.22. The molecular formula is C15H18N2O5S2. The van der Waals surface area contributed by atoms with Gasteiger partial charge in [0.05, 0.1) is 15.5 Å². The molecule has 2 rings (SSSR count). The minimum atomic E-state index is -3.89. The van der Waals surface area contributed by atoms with Crippen molar-refractivity contribution < 1.29 is 21.9 Å². The standard InChI is InChI=1S/C15H18N2O5S2/c1-11-4-6-12(7-5-11)23(19,20)16-14-9-8-13(10-15(14)18)24(21,22)17(2)3/h4-10,16,18H,1-3H3. The number of nitrogens with zero attached hydrogens (tertiary/aromatic N) is 1. The number of benzene rings is 2. The number of aryl methyl sites for hydroxylation is 1. The molecule has 0 bridgehead atoms. The maximum atomic E-state index is 12.3. The maximum absolute atomic E-state index is 12.3. The molecule has 2 aromatic rings. The minimum Gasteiger partial charge on any atom is -0.506 e. The highest BCUT2D eigenvalue weighted by molar-refractivity contribution is 7.92. The van der Waals surface area contributed by atoms with Crippen molar-refractivity contribution in [3.05, 3.63) is 48.0 Å². The molecule has 0 spiro atoms. The molecule has 0 aromatic heterocycles. The van der Waals surface area contributed by atoms with Crippen molar-refractivity contribution >= 4 is 25.7 Å². The number of rotatable bonds is 5. The average Bonchev–Trinajstić information content (AvgIpc) is 2.49. The summed E-state index contributed by atoms with van der Waals surface area (Å²) in [5.74, 6) is -0.478. The van der Waals surface area contributed by atoms with E-state index < -0.39 is 25.8 Å². The van der Waals surface area contributed by atoms with Crippen molar-refractivity contribution in [1.82, 2.24) is 4.31 Å². The summed E-state index contributed by atoms with van der Waals surface area (Å²) in [5.41, 5.74) is 0.809.